The maximum absolute atomic E-state index is 12.0. The highest BCUT2D eigenvalue weighted by Crippen LogP contribution is 2.19. The van der Waals surface area contributed by atoms with Crippen molar-refractivity contribution in [3.05, 3.63) is 35.9 Å². The highest BCUT2D eigenvalue weighted by atomic mass is 16.6. The Morgan fingerprint density at radius 1 is 1.21 bits per heavy atom. The molecule has 0 bridgehead atoms. The summed E-state index contributed by atoms with van der Waals surface area (Å²) in [6.07, 6.45) is -1.30. The maximum atomic E-state index is 12.0. The smallest absolute Gasteiger partial charge is 0.410 e. The van der Waals surface area contributed by atoms with Gasteiger partial charge in [-0.1, -0.05) is 30.3 Å². The number of hydrogen-bond donors (Lipinski definition) is 0. The van der Waals surface area contributed by atoms with E-state index in [9.17, 15) is 9.59 Å². The van der Waals surface area contributed by atoms with E-state index in [1.807, 2.05) is 18.2 Å². The first-order valence-corrected chi connectivity index (χ1v) is 6.27. The van der Waals surface area contributed by atoms with Gasteiger partial charge in [0.2, 0.25) is 0 Å². The number of carbonyl (C=O) groups is 2. The molecule has 1 aliphatic rings. The molecule has 0 aromatic heterocycles. The zero-order valence-electron chi connectivity index (χ0n) is 10.9. The van der Waals surface area contributed by atoms with E-state index in [2.05, 4.69) is 0 Å². The quantitative estimate of drug-likeness (QED) is 0.834. The average Bonchev–Trinajstić information content (AvgIpc) is 2.46. The molecule has 1 saturated heterocycles. The van der Waals surface area contributed by atoms with E-state index in [0.717, 1.165) is 0 Å². The monoisotopic (exact) mass is 263 g/mol. The highest BCUT2D eigenvalue weighted by molar-refractivity contribution is 5.84. The second-order valence-corrected chi connectivity index (χ2v) is 4.38. The van der Waals surface area contributed by atoms with Crippen molar-refractivity contribution in [1.82, 2.24) is 4.90 Å². The van der Waals surface area contributed by atoms with Crippen LogP contribution in [0.25, 0.3) is 0 Å². The van der Waals surface area contributed by atoms with Crippen LogP contribution in [0.5, 0.6) is 0 Å². The van der Waals surface area contributed by atoms with Gasteiger partial charge in [-0.25, -0.2) is 4.79 Å². The number of benzene rings is 1. The number of nitrogens with zero attached hydrogens (tertiary/aromatic N) is 1. The van der Waals surface area contributed by atoms with Crippen LogP contribution < -0.4 is 0 Å². The van der Waals surface area contributed by atoms with E-state index in [0.29, 0.717) is 31.9 Å². The van der Waals surface area contributed by atoms with E-state index in [-0.39, 0.29) is 5.78 Å². The van der Waals surface area contributed by atoms with Crippen LogP contribution in [-0.2, 0) is 14.3 Å². The van der Waals surface area contributed by atoms with Crippen molar-refractivity contribution in [2.24, 2.45) is 0 Å². The summed E-state index contributed by atoms with van der Waals surface area (Å²) in [5.74, 6) is -0.187. The minimum absolute atomic E-state index is 0.187. The number of hydrogen-bond acceptors (Lipinski definition) is 4. The lowest BCUT2D eigenvalue weighted by atomic mass is 10.1. The predicted molar refractivity (Wildman–Crippen MR) is 68.7 cm³/mol. The third kappa shape index (κ3) is 3.54. The van der Waals surface area contributed by atoms with Crippen molar-refractivity contribution in [2.75, 3.05) is 26.3 Å². The maximum Gasteiger partial charge on any atom is 0.410 e. The Morgan fingerprint density at radius 3 is 2.42 bits per heavy atom. The van der Waals surface area contributed by atoms with Gasteiger partial charge in [-0.05, 0) is 6.92 Å². The van der Waals surface area contributed by atoms with Crippen LogP contribution in [0.3, 0.4) is 0 Å². The fraction of sp³-hybridized carbons (Fsp3) is 0.429. The zero-order chi connectivity index (χ0) is 13.7. The molecule has 5 nitrogen and oxygen atoms in total. The topological polar surface area (TPSA) is 55.8 Å². The number of rotatable bonds is 3. The Hall–Kier alpha value is -1.88. The summed E-state index contributed by atoms with van der Waals surface area (Å²) >= 11 is 0. The summed E-state index contributed by atoms with van der Waals surface area (Å²) in [6, 6.07) is 9.03. The third-order valence-corrected chi connectivity index (χ3v) is 2.96. The van der Waals surface area contributed by atoms with Gasteiger partial charge in [0.1, 0.15) is 0 Å². The number of ketones is 1. The Morgan fingerprint density at radius 2 is 1.84 bits per heavy atom. The fourth-order valence-electron chi connectivity index (χ4n) is 1.93. The fourth-order valence-corrected chi connectivity index (χ4v) is 1.93. The summed E-state index contributed by atoms with van der Waals surface area (Å²) in [7, 11) is 0. The lowest BCUT2D eigenvalue weighted by molar-refractivity contribution is -0.126. The summed E-state index contributed by atoms with van der Waals surface area (Å²) < 4.78 is 10.5. The molecule has 0 aliphatic carbocycles. The third-order valence-electron chi connectivity index (χ3n) is 2.96. The molecule has 0 saturated carbocycles. The molecule has 1 aromatic rings. The molecule has 2 rings (SSSR count). The second kappa shape index (κ2) is 6.33. The largest absolute Gasteiger partial charge is 0.433 e. The van der Waals surface area contributed by atoms with Gasteiger partial charge >= 0.3 is 6.09 Å². The predicted octanol–water partition coefficient (Wildman–Crippen LogP) is 1.79. The molecule has 1 unspecified atom stereocenters. The highest BCUT2D eigenvalue weighted by Gasteiger charge is 2.25. The SMILES string of the molecule is CC(=O)C(OC(=O)N1CCOCC1)c1ccccc1. The first-order chi connectivity index (χ1) is 9.18. The van der Waals surface area contributed by atoms with Crippen molar-refractivity contribution in [3.63, 3.8) is 0 Å². The van der Waals surface area contributed by atoms with Crippen LogP contribution >= 0.6 is 0 Å². The van der Waals surface area contributed by atoms with E-state index in [1.54, 1.807) is 17.0 Å². The van der Waals surface area contributed by atoms with E-state index in [1.165, 1.54) is 6.92 Å². The van der Waals surface area contributed by atoms with Gasteiger partial charge < -0.3 is 14.4 Å². The van der Waals surface area contributed by atoms with E-state index < -0.39 is 12.2 Å². The first kappa shape index (κ1) is 13.5. The van der Waals surface area contributed by atoms with Crippen molar-refractivity contribution in [2.45, 2.75) is 13.0 Å². The standard InChI is InChI=1S/C14H17NO4/c1-11(16)13(12-5-3-2-4-6-12)19-14(17)15-7-9-18-10-8-15/h2-6,13H,7-10H2,1H3. The van der Waals surface area contributed by atoms with Gasteiger partial charge in [0.25, 0.3) is 0 Å². The molecule has 0 N–H and O–H groups in total. The van der Waals surface area contributed by atoms with Gasteiger partial charge in [-0.15, -0.1) is 0 Å². The van der Waals surface area contributed by atoms with Crippen LogP contribution in [0.15, 0.2) is 30.3 Å². The molecule has 0 radical (unpaired) electrons. The Balaban J connectivity index is 2.04. The molecular formula is C14H17NO4. The van der Waals surface area contributed by atoms with Crippen LogP contribution in [0.1, 0.15) is 18.6 Å². The van der Waals surface area contributed by atoms with Gasteiger partial charge in [0.15, 0.2) is 11.9 Å². The molecule has 5 heteroatoms. The van der Waals surface area contributed by atoms with E-state index >= 15 is 0 Å². The minimum Gasteiger partial charge on any atom is -0.433 e. The van der Waals surface area contributed by atoms with E-state index in [4.69, 9.17) is 9.47 Å². The molecule has 1 aliphatic heterocycles. The molecule has 1 heterocycles. The number of Topliss-reactive ketones (excluding diaryl/α,β-unsaturated/α-hetero) is 1. The van der Waals surface area contributed by atoms with Gasteiger partial charge in [-0.2, -0.15) is 0 Å². The number of amides is 1. The van der Waals surface area contributed by atoms with Crippen molar-refractivity contribution < 1.29 is 19.1 Å². The lowest BCUT2D eigenvalue weighted by Crippen LogP contribution is -2.41. The molecular weight excluding hydrogens is 246 g/mol. The summed E-state index contributed by atoms with van der Waals surface area (Å²) in [5.41, 5.74) is 0.691. The van der Waals surface area contributed by atoms with Crippen LogP contribution in [0.4, 0.5) is 4.79 Å². The average molecular weight is 263 g/mol. The minimum atomic E-state index is -0.837. The van der Waals surface area contributed by atoms with Gasteiger partial charge in [0, 0.05) is 18.7 Å². The molecule has 19 heavy (non-hydrogen) atoms. The van der Waals surface area contributed by atoms with Crippen molar-refractivity contribution in [3.8, 4) is 0 Å². The lowest BCUT2D eigenvalue weighted by Gasteiger charge is -2.27. The Bertz CT molecular complexity index is 440. The van der Waals surface area contributed by atoms with Crippen LogP contribution in [0, 0.1) is 0 Å². The molecule has 102 valence electrons. The number of ether oxygens (including phenoxy) is 2. The van der Waals surface area contributed by atoms with Crippen LogP contribution in [0.2, 0.25) is 0 Å². The normalized spacial score (nSPS) is 16.8. The van der Waals surface area contributed by atoms with Gasteiger partial charge in [0.05, 0.1) is 13.2 Å². The number of morpholine rings is 1. The molecule has 1 aromatic carbocycles. The zero-order valence-corrected chi connectivity index (χ0v) is 10.9. The Labute approximate surface area is 112 Å². The summed E-state index contributed by atoms with van der Waals surface area (Å²) in [4.78, 5) is 25.2. The molecule has 0 spiro atoms. The Kier molecular flexibility index (Phi) is 4.52. The molecule has 1 fully saturated rings. The molecule has 1 atom stereocenters. The van der Waals surface area contributed by atoms with Crippen LogP contribution in [-0.4, -0.2) is 43.1 Å². The van der Waals surface area contributed by atoms with Crippen molar-refractivity contribution >= 4 is 11.9 Å². The number of carbonyl (C=O) groups excluding carboxylic acids is 2. The summed E-state index contributed by atoms with van der Waals surface area (Å²) in [6.45, 7) is 3.43. The van der Waals surface area contributed by atoms with Crippen molar-refractivity contribution in [1.29, 1.82) is 0 Å². The second-order valence-electron chi connectivity index (χ2n) is 4.38. The first-order valence-electron chi connectivity index (χ1n) is 6.27. The molecule has 1 amide bonds. The van der Waals surface area contributed by atoms with Gasteiger partial charge in [-0.3, -0.25) is 4.79 Å². The summed E-state index contributed by atoms with van der Waals surface area (Å²) in [5, 5.41) is 0.